The molecule has 7 heteroatoms. The van der Waals surface area contributed by atoms with Gasteiger partial charge in [0.05, 0.1) is 0 Å². The number of fused-ring (bicyclic) bond motifs is 1. The Hall–Kier alpha value is -2.93. The van der Waals surface area contributed by atoms with Gasteiger partial charge in [-0.15, -0.1) is 0 Å². The molecule has 0 amide bonds. The molecule has 0 atom stereocenters. The van der Waals surface area contributed by atoms with Gasteiger partial charge >= 0.3 is 0 Å². The highest BCUT2D eigenvalue weighted by Crippen LogP contribution is 2.24. The van der Waals surface area contributed by atoms with Crippen LogP contribution in [0.1, 0.15) is 44.0 Å². The molecule has 29 heavy (non-hydrogen) atoms. The lowest BCUT2D eigenvalue weighted by molar-refractivity contribution is 0.101. The van der Waals surface area contributed by atoms with E-state index < -0.39 is 0 Å². The molecule has 2 heterocycles. The standard InChI is InChI=1S/C22H30N6O/c1-4-13-27(14-5-2)20-11-10-19-21(26-20)28(15-12-23)22(25-19)24-18-8-6-17(7-9-18)16(3)29/h6-11H,4-5,12-15,23H2,1-3H3,(H,24,25). The highest BCUT2D eigenvalue weighted by molar-refractivity contribution is 5.94. The van der Waals surface area contributed by atoms with Crippen molar-refractivity contribution >= 4 is 34.4 Å². The van der Waals surface area contributed by atoms with Crippen LogP contribution >= 0.6 is 0 Å². The number of anilines is 3. The number of carbonyl (C=O) groups is 1. The van der Waals surface area contributed by atoms with Crippen molar-refractivity contribution < 1.29 is 4.79 Å². The van der Waals surface area contributed by atoms with Gasteiger partial charge in [0.2, 0.25) is 5.95 Å². The van der Waals surface area contributed by atoms with Crippen LogP contribution in [0.3, 0.4) is 0 Å². The number of rotatable bonds is 10. The summed E-state index contributed by atoms with van der Waals surface area (Å²) in [7, 11) is 0. The Labute approximate surface area is 171 Å². The molecule has 3 N–H and O–H groups in total. The Balaban J connectivity index is 1.96. The van der Waals surface area contributed by atoms with Gasteiger partial charge < -0.3 is 16.0 Å². The van der Waals surface area contributed by atoms with Crippen LogP contribution in [0.15, 0.2) is 36.4 Å². The topological polar surface area (TPSA) is 89.1 Å². The SMILES string of the molecule is CCCN(CCC)c1ccc2nc(Nc3ccc(C(C)=O)cc3)n(CCN)c2n1. The number of nitrogens with one attached hydrogen (secondary N) is 1. The number of nitrogens with two attached hydrogens (primary N) is 1. The molecule has 154 valence electrons. The maximum Gasteiger partial charge on any atom is 0.209 e. The number of aromatic nitrogens is 3. The summed E-state index contributed by atoms with van der Waals surface area (Å²) in [5, 5.41) is 3.34. The smallest absolute Gasteiger partial charge is 0.209 e. The fourth-order valence-electron chi connectivity index (χ4n) is 3.40. The molecule has 0 saturated carbocycles. The fourth-order valence-corrected chi connectivity index (χ4v) is 3.40. The molecule has 1 aromatic carbocycles. The first kappa shape index (κ1) is 20.8. The molecule has 0 aliphatic heterocycles. The number of imidazole rings is 1. The predicted molar refractivity (Wildman–Crippen MR) is 119 cm³/mol. The number of hydrogen-bond donors (Lipinski definition) is 2. The summed E-state index contributed by atoms with van der Waals surface area (Å²) in [4.78, 5) is 23.4. The maximum absolute atomic E-state index is 11.5. The van der Waals surface area contributed by atoms with E-state index in [2.05, 4.69) is 24.1 Å². The predicted octanol–water partition coefficient (Wildman–Crippen LogP) is 3.96. The van der Waals surface area contributed by atoms with Crippen molar-refractivity contribution in [3.8, 4) is 0 Å². The highest BCUT2D eigenvalue weighted by Gasteiger charge is 2.15. The first-order valence-electron chi connectivity index (χ1n) is 10.3. The zero-order valence-electron chi connectivity index (χ0n) is 17.5. The Bertz CT molecular complexity index is 957. The Morgan fingerprint density at radius 1 is 1.07 bits per heavy atom. The van der Waals surface area contributed by atoms with E-state index in [-0.39, 0.29) is 5.78 Å². The minimum absolute atomic E-state index is 0.0485. The van der Waals surface area contributed by atoms with Gasteiger partial charge in [0.25, 0.3) is 0 Å². The van der Waals surface area contributed by atoms with E-state index in [0.29, 0.717) is 24.6 Å². The van der Waals surface area contributed by atoms with Gasteiger partial charge in [0, 0.05) is 37.4 Å². The minimum atomic E-state index is 0.0485. The van der Waals surface area contributed by atoms with Crippen molar-refractivity contribution in [3.05, 3.63) is 42.0 Å². The van der Waals surface area contributed by atoms with Crippen LogP contribution in [0.4, 0.5) is 17.5 Å². The summed E-state index contributed by atoms with van der Waals surface area (Å²) in [5.74, 6) is 1.72. The maximum atomic E-state index is 11.5. The molecule has 0 fully saturated rings. The first-order valence-corrected chi connectivity index (χ1v) is 10.3. The summed E-state index contributed by atoms with van der Waals surface area (Å²) in [6, 6.07) is 11.4. The molecule has 3 aromatic rings. The van der Waals surface area contributed by atoms with Gasteiger partial charge in [0.15, 0.2) is 11.4 Å². The number of ketones is 1. The molecule has 0 unspecified atom stereocenters. The number of Topliss-reactive ketones (excluding diaryl/α,β-unsaturated/α-hetero) is 1. The fraction of sp³-hybridized carbons (Fsp3) is 0.409. The van der Waals surface area contributed by atoms with Crippen LogP contribution in [0.5, 0.6) is 0 Å². The summed E-state index contributed by atoms with van der Waals surface area (Å²) in [5.41, 5.74) is 9.07. The van der Waals surface area contributed by atoms with E-state index >= 15 is 0 Å². The van der Waals surface area contributed by atoms with Gasteiger partial charge in [-0.1, -0.05) is 13.8 Å². The number of hydrogen-bond acceptors (Lipinski definition) is 6. The highest BCUT2D eigenvalue weighted by atomic mass is 16.1. The van der Waals surface area contributed by atoms with E-state index in [9.17, 15) is 4.79 Å². The van der Waals surface area contributed by atoms with Gasteiger partial charge in [-0.2, -0.15) is 0 Å². The van der Waals surface area contributed by atoms with Crippen molar-refractivity contribution in [1.29, 1.82) is 0 Å². The molecular formula is C22H30N6O. The number of nitrogens with zero attached hydrogens (tertiary/aromatic N) is 4. The van der Waals surface area contributed by atoms with Crippen molar-refractivity contribution in [3.63, 3.8) is 0 Å². The normalized spacial score (nSPS) is 11.0. The third kappa shape index (κ3) is 4.74. The zero-order valence-corrected chi connectivity index (χ0v) is 17.5. The summed E-state index contributed by atoms with van der Waals surface area (Å²) < 4.78 is 2.02. The molecule has 0 aliphatic carbocycles. The monoisotopic (exact) mass is 394 g/mol. The molecule has 3 rings (SSSR count). The van der Waals surface area contributed by atoms with Gasteiger partial charge in [-0.3, -0.25) is 9.36 Å². The van der Waals surface area contributed by atoms with Crippen LogP contribution in [0.2, 0.25) is 0 Å². The number of benzene rings is 1. The zero-order chi connectivity index (χ0) is 20.8. The van der Waals surface area contributed by atoms with E-state index in [4.69, 9.17) is 15.7 Å². The third-order valence-corrected chi connectivity index (χ3v) is 4.79. The van der Waals surface area contributed by atoms with Gasteiger partial charge in [0.1, 0.15) is 11.3 Å². The lowest BCUT2D eigenvalue weighted by Crippen LogP contribution is -2.26. The Morgan fingerprint density at radius 2 is 1.76 bits per heavy atom. The van der Waals surface area contributed by atoms with Gasteiger partial charge in [-0.25, -0.2) is 9.97 Å². The van der Waals surface area contributed by atoms with E-state index in [1.165, 1.54) is 0 Å². The second kappa shape index (κ2) is 9.52. The molecule has 2 aromatic heterocycles. The van der Waals surface area contributed by atoms with Crippen molar-refractivity contribution in [2.45, 2.75) is 40.2 Å². The van der Waals surface area contributed by atoms with Crippen LogP contribution in [0, 0.1) is 0 Å². The average Bonchev–Trinajstić information content (AvgIpc) is 3.05. The average molecular weight is 395 g/mol. The van der Waals surface area contributed by atoms with Gasteiger partial charge in [-0.05, 0) is 56.2 Å². The molecule has 7 nitrogen and oxygen atoms in total. The Kier molecular flexibility index (Phi) is 6.82. The van der Waals surface area contributed by atoms with Crippen LogP contribution in [-0.4, -0.2) is 40.0 Å². The van der Waals surface area contributed by atoms with Crippen molar-refractivity contribution in [2.24, 2.45) is 5.73 Å². The molecule has 0 aliphatic rings. The largest absolute Gasteiger partial charge is 0.357 e. The van der Waals surface area contributed by atoms with E-state index in [1.807, 2.05) is 41.0 Å². The first-order chi connectivity index (χ1) is 14.1. The van der Waals surface area contributed by atoms with Crippen LogP contribution < -0.4 is 16.0 Å². The summed E-state index contributed by atoms with van der Waals surface area (Å²) in [6.07, 6.45) is 2.15. The molecule has 0 spiro atoms. The Morgan fingerprint density at radius 3 is 2.34 bits per heavy atom. The quantitative estimate of drug-likeness (QED) is 0.506. The number of carbonyl (C=O) groups excluding carboxylic acids is 1. The molecule has 0 radical (unpaired) electrons. The summed E-state index contributed by atoms with van der Waals surface area (Å²) >= 11 is 0. The van der Waals surface area contributed by atoms with Crippen LogP contribution in [-0.2, 0) is 6.54 Å². The lowest BCUT2D eigenvalue weighted by Gasteiger charge is -2.22. The molecule has 0 bridgehead atoms. The molecule has 0 saturated heterocycles. The second-order valence-electron chi connectivity index (χ2n) is 7.13. The second-order valence-corrected chi connectivity index (χ2v) is 7.13. The minimum Gasteiger partial charge on any atom is -0.357 e. The summed E-state index contributed by atoms with van der Waals surface area (Å²) in [6.45, 7) is 8.98. The molecular weight excluding hydrogens is 364 g/mol. The van der Waals surface area contributed by atoms with Crippen molar-refractivity contribution in [1.82, 2.24) is 14.5 Å². The lowest BCUT2D eigenvalue weighted by atomic mass is 10.1. The van der Waals surface area contributed by atoms with E-state index in [1.54, 1.807) is 6.92 Å². The van der Waals surface area contributed by atoms with E-state index in [0.717, 1.165) is 48.6 Å². The number of pyridine rings is 1. The van der Waals surface area contributed by atoms with Crippen LogP contribution in [0.25, 0.3) is 11.2 Å². The third-order valence-electron chi connectivity index (χ3n) is 4.79. The van der Waals surface area contributed by atoms with Crippen molar-refractivity contribution in [2.75, 3.05) is 29.9 Å².